The summed E-state index contributed by atoms with van der Waals surface area (Å²) in [5.74, 6) is 0. The molecule has 2 aromatic carbocycles. The highest BCUT2D eigenvalue weighted by atomic mass is 14.8. The largest absolute Gasteiger partial charge is 0.361 e. The Morgan fingerprint density at radius 1 is 0.833 bits per heavy atom. The second kappa shape index (κ2) is 4.32. The van der Waals surface area contributed by atoms with Gasteiger partial charge in [0.15, 0.2) is 0 Å². The summed E-state index contributed by atoms with van der Waals surface area (Å²) in [4.78, 5) is 7.23. The highest BCUT2D eigenvalue weighted by Gasteiger charge is 2.49. The molecule has 0 radical (unpaired) electrons. The minimum absolute atomic E-state index is 0.00252. The van der Waals surface area contributed by atoms with Gasteiger partial charge in [-0.2, -0.15) is 0 Å². The van der Waals surface area contributed by atoms with Crippen LogP contribution in [0.4, 0.5) is 0 Å². The lowest BCUT2D eigenvalue weighted by Gasteiger charge is -2.28. The maximum Gasteiger partial charge on any atom is 0.0459 e. The van der Waals surface area contributed by atoms with Crippen molar-refractivity contribution in [2.75, 3.05) is 0 Å². The molecule has 0 amide bonds. The van der Waals surface area contributed by atoms with Crippen LogP contribution in [0.3, 0.4) is 0 Å². The number of aromatic nitrogens is 2. The summed E-state index contributed by atoms with van der Waals surface area (Å²) >= 11 is 0. The number of aromatic amines is 2. The van der Waals surface area contributed by atoms with Gasteiger partial charge in [-0.3, -0.25) is 0 Å². The first-order valence-corrected chi connectivity index (χ1v) is 8.69. The number of benzene rings is 2. The second-order valence-corrected chi connectivity index (χ2v) is 8.06. The van der Waals surface area contributed by atoms with Crippen molar-refractivity contribution in [1.29, 1.82) is 0 Å². The molecule has 1 atom stereocenters. The molecule has 0 bridgehead atoms. The maximum atomic E-state index is 3.76. The van der Waals surface area contributed by atoms with Crippen molar-refractivity contribution in [3.63, 3.8) is 0 Å². The lowest BCUT2D eigenvalue weighted by atomic mass is 9.76. The Balaban J connectivity index is 1.85. The van der Waals surface area contributed by atoms with E-state index in [0.717, 1.165) is 6.42 Å². The zero-order valence-electron chi connectivity index (χ0n) is 14.4. The molecular formula is C22H22N2. The Bertz CT molecular complexity index is 1080. The number of hydrogen-bond acceptors (Lipinski definition) is 0. The molecule has 2 nitrogen and oxygen atoms in total. The zero-order valence-corrected chi connectivity index (χ0v) is 14.4. The van der Waals surface area contributed by atoms with Gasteiger partial charge in [-0.25, -0.2) is 0 Å². The molecule has 4 aromatic rings. The molecule has 0 saturated carbocycles. The fourth-order valence-electron chi connectivity index (χ4n) is 5.08. The molecule has 120 valence electrons. The lowest BCUT2D eigenvalue weighted by Crippen LogP contribution is -2.24. The topological polar surface area (TPSA) is 31.6 Å². The van der Waals surface area contributed by atoms with Gasteiger partial charge in [0, 0.05) is 39.1 Å². The molecule has 1 aliphatic rings. The summed E-state index contributed by atoms with van der Waals surface area (Å²) in [5, 5.41) is 2.71. The molecule has 0 spiro atoms. The van der Waals surface area contributed by atoms with Crippen molar-refractivity contribution < 1.29 is 0 Å². The first-order chi connectivity index (χ1) is 11.5. The van der Waals surface area contributed by atoms with Crippen molar-refractivity contribution in [3.05, 3.63) is 71.5 Å². The molecule has 2 heterocycles. The molecule has 2 aromatic heterocycles. The van der Waals surface area contributed by atoms with Crippen LogP contribution in [0.15, 0.2) is 54.7 Å². The van der Waals surface area contributed by atoms with Crippen LogP contribution in [-0.4, -0.2) is 9.97 Å². The van der Waals surface area contributed by atoms with Crippen LogP contribution in [0, 0.1) is 0 Å². The summed E-state index contributed by atoms with van der Waals surface area (Å²) in [6.45, 7) is 7.16. The fraction of sp³-hybridized carbons (Fsp3) is 0.273. The summed E-state index contributed by atoms with van der Waals surface area (Å²) < 4.78 is 0. The van der Waals surface area contributed by atoms with E-state index >= 15 is 0 Å². The van der Waals surface area contributed by atoms with Crippen LogP contribution < -0.4 is 0 Å². The van der Waals surface area contributed by atoms with E-state index in [1.165, 1.54) is 38.6 Å². The third kappa shape index (κ3) is 1.61. The minimum Gasteiger partial charge on any atom is -0.361 e. The van der Waals surface area contributed by atoms with E-state index in [4.69, 9.17) is 0 Å². The van der Waals surface area contributed by atoms with Crippen LogP contribution in [0.1, 0.15) is 44.0 Å². The van der Waals surface area contributed by atoms with Gasteiger partial charge in [0.25, 0.3) is 0 Å². The predicted molar refractivity (Wildman–Crippen MR) is 101 cm³/mol. The van der Waals surface area contributed by atoms with Gasteiger partial charge in [-0.05, 0) is 42.0 Å². The fourth-order valence-corrected chi connectivity index (χ4v) is 5.08. The first-order valence-electron chi connectivity index (χ1n) is 8.69. The van der Waals surface area contributed by atoms with Crippen molar-refractivity contribution in [2.45, 2.75) is 38.0 Å². The number of para-hydroxylation sites is 2. The van der Waals surface area contributed by atoms with Crippen LogP contribution in [0.25, 0.3) is 21.8 Å². The molecule has 2 N–H and O–H groups in total. The first kappa shape index (κ1) is 13.9. The Morgan fingerprint density at radius 2 is 1.50 bits per heavy atom. The van der Waals surface area contributed by atoms with E-state index in [2.05, 4.69) is 85.5 Å². The van der Waals surface area contributed by atoms with Crippen molar-refractivity contribution in [1.82, 2.24) is 9.97 Å². The van der Waals surface area contributed by atoms with Crippen LogP contribution in [0.2, 0.25) is 0 Å². The van der Waals surface area contributed by atoms with E-state index < -0.39 is 0 Å². The SMILES string of the molecule is CC1(C)CC(C)(c2c[nH]c3ccccc23)c2[nH]c3ccccc3c21. The Labute approximate surface area is 141 Å². The van der Waals surface area contributed by atoms with Crippen molar-refractivity contribution >= 4 is 21.8 Å². The van der Waals surface area contributed by atoms with Crippen LogP contribution in [-0.2, 0) is 10.8 Å². The minimum atomic E-state index is -0.00252. The number of rotatable bonds is 1. The number of fused-ring (bicyclic) bond motifs is 4. The van der Waals surface area contributed by atoms with Gasteiger partial charge in [0.1, 0.15) is 0 Å². The smallest absolute Gasteiger partial charge is 0.0459 e. The Kier molecular flexibility index (Phi) is 2.51. The van der Waals surface area contributed by atoms with Gasteiger partial charge in [0.05, 0.1) is 0 Å². The molecule has 2 heteroatoms. The third-order valence-corrected chi connectivity index (χ3v) is 5.91. The molecule has 0 fully saturated rings. The third-order valence-electron chi connectivity index (χ3n) is 5.91. The molecular weight excluding hydrogens is 292 g/mol. The van der Waals surface area contributed by atoms with Crippen molar-refractivity contribution in [2.24, 2.45) is 0 Å². The average molecular weight is 314 g/mol. The Hall–Kier alpha value is -2.48. The summed E-state index contributed by atoms with van der Waals surface area (Å²) in [5.41, 5.74) is 6.90. The Morgan fingerprint density at radius 3 is 2.29 bits per heavy atom. The van der Waals surface area contributed by atoms with E-state index in [1.54, 1.807) is 0 Å². The summed E-state index contributed by atoms with van der Waals surface area (Å²) in [6.07, 6.45) is 3.33. The number of nitrogens with one attached hydrogen (secondary N) is 2. The van der Waals surface area contributed by atoms with Crippen LogP contribution in [0.5, 0.6) is 0 Å². The van der Waals surface area contributed by atoms with E-state index in [-0.39, 0.29) is 10.8 Å². The van der Waals surface area contributed by atoms with Gasteiger partial charge >= 0.3 is 0 Å². The molecule has 24 heavy (non-hydrogen) atoms. The molecule has 5 rings (SSSR count). The monoisotopic (exact) mass is 314 g/mol. The van der Waals surface area contributed by atoms with Crippen molar-refractivity contribution in [3.8, 4) is 0 Å². The highest BCUT2D eigenvalue weighted by Crippen LogP contribution is 2.55. The summed E-state index contributed by atoms with van der Waals surface area (Å²) in [6, 6.07) is 17.3. The van der Waals surface area contributed by atoms with E-state index in [1.807, 2.05) is 0 Å². The normalized spacial score (nSPS) is 22.3. The molecule has 1 unspecified atom stereocenters. The number of H-pyrrole nitrogens is 2. The van der Waals surface area contributed by atoms with Crippen LogP contribution >= 0.6 is 0 Å². The standard InChI is InChI=1S/C22H22N2/c1-21(2)13-22(3,16-12-23-17-10-6-4-8-14(16)17)20-19(21)15-9-5-7-11-18(15)24-20/h4-12,23-24H,13H2,1-3H3. The predicted octanol–water partition coefficient (Wildman–Crippen LogP) is 5.64. The van der Waals surface area contributed by atoms with Gasteiger partial charge < -0.3 is 9.97 Å². The maximum absolute atomic E-state index is 3.76. The zero-order chi connectivity index (χ0) is 16.5. The lowest BCUT2D eigenvalue weighted by molar-refractivity contribution is 0.424. The van der Waals surface area contributed by atoms with E-state index in [0.29, 0.717) is 0 Å². The quantitative estimate of drug-likeness (QED) is 0.456. The van der Waals surface area contributed by atoms with Gasteiger partial charge in [-0.15, -0.1) is 0 Å². The number of hydrogen-bond donors (Lipinski definition) is 2. The molecule has 0 aliphatic heterocycles. The van der Waals surface area contributed by atoms with E-state index in [9.17, 15) is 0 Å². The average Bonchev–Trinajstić information content (AvgIpc) is 3.21. The molecule has 0 saturated heterocycles. The second-order valence-electron chi connectivity index (χ2n) is 8.06. The van der Waals surface area contributed by atoms with Gasteiger partial charge in [0.2, 0.25) is 0 Å². The summed E-state index contributed by atoms with van der Waals surface area (Å²) in [7, 11) is 0. The van der Waals surface area contributed by atoms with Gasteiger partial charge in [-0.1, -0.05) is 50.2 Å². The highest BCUT2D eigenvalue weighted by molar-refractivity contribution is 5.90. The molecule has 1 aliphatic carbocycles.